The first-order valence-electron chi connectivity index (χ1n) is 10.8. The topological polar surface area (TPSA) is 83.5 Å². The number of benzene rings is 2. The van der Waals surface area contributed by atoms with Gasteiger partial charge in [-0.1, -0.05) is 30.3 Å². The number of hydrogen-bond acceptors (Lipinski definition) is 6. The first-order chi connectivity index (χ1) is 15.8. The average Bonchev–Trinajstić information content (AvgIpc) is 2.84. The maximum atomic E-state index is 13.0. The summed E-state index contributed by atoms with van der Waals surface area (Å²) in [4.78, 5) is 14.7. The summed E-state index contributed by atoms with van der Waals surface area (Å²) < 4.78 is 40.4. The molecule has 0 radical (unpaired) electrons. The van der Waals surface area contributed by atoms with Crippen LogP contribution in [0.15, 0.2) is 65.6 Å². The molecule has 0 saturated carbocycles. The summed E-state index contributed by atoms with van der Waals surface area (Å²) in [6.45, 7) is 3.45. The van der Waals surface area contributed by atoms with Gasteiger partial charge in [-0.3, -0.25) is 4.79 Å². The minimum absolute atomic E-state index is 0.132. The Kier molecular flexibility index (Phi) is 6.80. The second-order valence-electron chi connectivity index (χ2n) is 7.98. The van der Waals surface area contributed by atoms with E-state index in [2.05, 4.69) is 10.2 Å². The van der Waals surface area contributed by atoms with Gasteiger partial charge in [0.15, 0.2) is 11.6 Å². The molecule has 172 valence electrons. The molecule has 4 rings (SSSR count). The Hall–Kier alpha value is -3.17. The quantitative estimate of drug-likeness (QED) is 0.495. The van der Waals surface area contributed by atoms with E-state index in [1.54, 1.807) is 49.4 Å². The van der Waals surface area contributed by atoms with Crippen molar-refractivity contribution in [3.05, 3.63) is 83.3 Å². The highest BCUT2D eigenvalue weighted by Crippen LogP contribution is 2.22. The van der Waals surface area contributed by atoms with Crippen LogP contribution in [0.4, 0.5) is 10.2 Å². The van der Waals surface area contributed by atoms with Crippen LogP contribution >= 0.6 is 0 Å². The zero-order chi connectivity index (χ0) is 23.4. The van der Waals surface area contributed by atoms with Gasteiger partial charge in [0.05, 0.1) is 4.90 Å². The number of Topliss-reactive ketones (excluding diaryl/α,β-unsaturated/α-hetero) is 1. The smallest absolute Gasteiger partial charge is 0.243 e. The number of carbonyl (C=O) groups excluding carboxylic acids is 1. The van der Waals surface area contributed by atoms with E-state index < -0.39 is 10.0 Å². The van der Waals surface area contributed by atoms with E-state index in [1.165, 1.54) is 16.4 Å². The molecule has 3 aromatic rings. The van der Waals surface area contributed by atoms with Gasteiger partial charge in [0.2, 0.25) is 10.0 Å². The lowest BCUT2D eigenvalue weighted by molar-refractivity contribution is 0.0977. The van der Waals surface area contributed by atoms with Gasteiger partial charge in [0, 0.05) is 32.6 Å². The minimum atomic E-state index is -3.54. The van der Waals surface area contributed by atoms with Crippen LogP contribution in [0.5, 0.6) is 0 Å². The third-order valence-electron chi connectivity index (χ3n) is 5.76. The van der Waals surface area contributed by atoms with Gasteiger partial charge >= 0.3 is 0 Å². The normalized spacial score (nSPS) is 14.9. The molecule has 0 bridgehead atoms. The number of ketones is 1. The van der Waals surface area contributed by atoms with E-state index >= 15 is 0 Å². The van der Waals surface area contributed by atoms with Crippen molar-refractivity contribution in [1.82, 2.24) is 14.5 Å². The molecule has 0 aliphatic carbocycles. The van der Waals surface area contributed by atoms with Crippen molar-refractivity contribution in [2.24, 2.45) is 0 Å². The minimum Gasteiger partial charge on any atom is -0.352 e. The standard InChI is InChI=1S/C24H25FN4O3S/c1-18-4-2-3-5-23(18)33(31,32)29-16-14-28(15-17-29)24-13-11-21(26-27-24)22(30)12-8-19-6-9-20(25)10-7-19/h2-7,9-11,13H,8,12,14-17H2,1H3. The largest absolute Gasteiger partial charge is 0.352 e. The molecule has 1 aliphatic heterocycles. The van der Waals surface area contributed by atoms with Crippen molar-refractivity contribution in [2.45, 2.75) is 24.7 Å². The third kappa shape index (κ3) is 5.26. The van der Waals surface area contributed by atoms with Crippen molar-refractivity contribution in [3.8, 4) is 0 Å². The van der Waals surface area contributed by atoms with Gasteiger partial charge in [-0.2, -0.15) is 4.31 Å². The molecule has 1 aliphatic rings. The number of sulfonamides is 1. The van der Waals surface area contributed by atoms with Gasteiger partial charge in [-0.15, -0.1) is 10.2 Å². The highest BCUT2D eigenvalue weighted by atomic mass is 32.2. The summed E-state index contributed by atoms with van der Waals surface area (Å²) in [6.07, 6.45) is 0.759. The predicted octanol–water partition coefficient (Wildman–Crippen LogP) is 3.25. The van der Waals surface area contributed by atoms with Gasteiger partial charge in [-0.05, 0) is 54.8 Å². The Bertz CT molecular complexity index is 1220. The van der Waals surface area contributed by atoms with Gasteiger partial charge in [0.25, 0.3) is 0 Å². The molecule has 0 unspecified atom stereocenters. The Labute approximate surface area is 192 Å². The molecule has 0 N–H and O–H groups in total. The molecule has 1 aromatic heterocycles. The molecular weight excluding hydrogens is 443 g/mol. The van der Waals surface area contributed by atoms with Crippen LogP contribution in [0.2, 0.25) is 0 Å². The number of carbonyl (C=O) groups is 1. The average molecular weight is 469 g/mol. The van der Waals surface area contributed by atoms with Crippen LogP contribution in [-0.4, -0.2) is 54.9 Å². The maximum absolute atomic E-state index is 13.0. The maximum Gasteiger partial charge on any atom is 0.243 e. The first kappa shape index (κ1) is 23.0. The molecule has 2 heterocycles. The molecule has 0 amide bonds. The van der Waals surface area contributed by atoms with Crippen LogP contribution in [-0.2, 0) is 16.4 Å². The van der Waals surface area contributed by atoms with Crippen LogP contribution in [0.1, 0.15) is 28.0 Å². The molecule has 2 aromatic carbocycles. The monoisotopic (exact) mass is 468 g/mol. The Morgan fingerprint density at radius 3 is 2.27 bits per heavy atom. The second kappa shape index (κ2) is 9.76. The summed E-state index contributed by atoms with van der Waals surface area (Å²) in [6, 6.07) is 16.4. The van der Waals surface area contributed by atoms with Crippen LogP contribution in [0, 0.1) is 12.7 Å². The Morgan fingerprint density at radius 2 is 1.64 bits per heavy atom. The number of anilines is 1. The van der Waals surface area contributed by atoms with E-state index in [1.807, 2.05) is 11.0 Å². The number of rotatable bonds is 7. The molecule has 9 heteroatoms. The molecule has 0 atom stereocenters. The van der Waals surface area contributed by atoms with E-state index in [4.69, 9.17) is 0 Å². The third-order valence-corrected chi connectivity index (χ3v) is 7.82. The lowest BCUT2D eigenvalue weighted by Crippen LogP contribution is -2.49. The molecular formula is C24H25FN4O3S. The summed E-state index contributed by atoms with van der Waals surface area (Å²) >= 11 is 0. The molecule has 1 saturated heterocycles. The van der Waals surface area contributed by atoms with E-state index in [0.717, 1.165) is 11.1 Å². The van der Waals surface area contributed by atoms with E-state index in [-0.39, 0.29) is 23.7 Å². The van der Waals surface area contributed by atoms with Gasteiger partial charge < -0.3 is 4.90 Å². The van der Waals surface area contributed by atoms with E-state index in [0.29, 0.717) is 43.3 Å². The fourth-order valence-corrected chi connectivity index (χ4v) is 5.47. The fourth-order valence-electron chi connectivity index (χ4n) is 3.82. The number of hydrogen-bond donors (Lipinski definition) is 0. The van der Waals surface area contributed by atoms with Crippen LogP contribution < -0.4 is 4.90 Å². The Morgan fingerprint density at radius 1 is 0.939 bits per heavy atom. The fraction of sp³-hybridized carbons (Fsp3) is 0.292. The summed E-state index contributed by atoms with van der Waals surface area (Å²) in [5.41, 5.74) is 1.89. The number of halogens is 1. The summed E-state index contributed by atoms with van der Waals surface area (Å²) in [7, 11) is -3.54. The van der Waals surface area contributed by atoms with Crippen molar-refractivity contribution in [3.63, 3.8) is 0 Å². The number of nitrogens with zero attached hydrogens (tertiary/aromatic N) is 4. The highest BCUT2D eigenvalue weighted by Gasteiger charge is 2.30. The SMILES string of the molecule is Cc1ccccc1S(=O)(=O)N1CCN(c2ccc(C(=O)CCc3ccc(F)cc3)nn2)CC1. The van der Waals surface area contributed by atoms with Crippen molar-refractivity contribution in [2.75, 3.05) is 31.1 Å². The zero-order valence-electron chi connectivity index (χ0n) is 18.3. The molecule has 0 spiro atoms. The number of aromatic nitrogens is 2. The Balaban J connectivity index is 1.34. The van der Waals surface area contributed by atoms with E-state index in [9.17, 15) is 17.6 Å². The number of aryl methyl sites for hydroxylation is 2. The molecule has 1 fully saturated rings. The lowest BCUT2D eigenvalue weighted by Gasteiger charge is -2.34. The summed E-state index contributed by atoms with van der Waals surface area (Å²) in [5.74, 6) is 0.172. The predicted molar refractivity (Wildman–Crippen MR) is 123 cm³/mol. The lowest BCUT2D eigenvalue weighted by atomic mass is 10.1. The van der Waals surface area contributed by atoms with Gasteiger partial charge in [0.1, 0.15) is 11.5 Å². The van der Waals surface area contributed by atoms with Crippen LogP contribution in [0.3, 0.4) is 0 Å². The van der Waals surface area contributed by atoms with Gasteiger partial charge in [-0.25, -0.2) is 12.8 Å². The second-order valence-corrected chi connectivity index (χ2v) is 9.89. The zero-order valence-corrected chi connectivity index (χ0v) is 19.1. The molecule has 33 heavy (non-hydrogen) atoms. The van der Waals surface area contributed by atoms with Crippen molar-refractivity contribution < 1.29 is 17.6 Å². The molecule has 7 nitrogen and oxygen atoms in total. The van der Waals surface area contributed by atoms with Crippen LogP contribution in [0.25, 0.3) is 0 Å². The van der Waals surface area contributed by atoms with Crippen molar-refractivity contribution in [1.29, 1.82) is 0 Å². The van der Waals surface area contributed by atoms with Crippen molar-refractivity contribution >= 4 is 21.6 Å². The first-order valence-corrected chi connectivity index (χ1v) is 12.2. The number of piperazine rings is 1. The summed E-state index contributed by atoms with van der Waals surface area (Å²) in [5, 5.41) is 8.26. The highest BCUT2D eigenvalue weighted by molar-refractivity contribution is 7.89.